The van der Waals surface area contributed by atoms with E-state index in [1.165, 1.54) is 20.1 Å². The van der Waals surface area contributed by atoms with E-state index in [0.29, 0.717) is 31.1 Å². The number of aliphatic hydroxyl groups is 1. The summed E-state index contributed by atoms with van der Waals surface area (Å²) in [6.45, 7) is 4.75. The van der Waals surface area contributed by atoms with Crippen molar-refractivity contribution in [3.05, 3.63) is 59.9 Å². The summed E-state index contributed by atoms with van der Waals surface area (Å²) in [5.41, 5.74) is 0.239. The van der Waals surface area contributed by atoms with Gasteiger partial charge in [0.25, 0.3) is 0 Å². The molecule has 4 N–H and O–H groups in total. The molecule has 1 aliphatic carbocycles. The fourth-order valence-electron chi connectivity index (χ4n) is 7.88. The molecule has 2 aromatic rings. The van der Waals surface area contributed by atoms with Crippen molar-refractivity contribution in [3.63, 3.8) is 0 Å². The van der Waals surface area contributed by atoms with Crippen molar-refractivity contribution in [2.75, 3.05) is 51.3 Å². The van der Waals surface area contributed by atoms with Gasteiger partial charge < -0.3 is 34.8 Å². The second-order valence-electron chi connectivity index (χ2n) is 12.6. The van der Waals surface area contributed by atoms with Crippen molar-refractivity contribution in [1.82, 2.24) is 15.5 Å². The molecule has 240 valence electrons. The summed E-state index contributed by atoms with van der Waals surface area (Å²) in [6.07, 6.45) is 3.59. The van der Waals surface area contributed by atoms with Crippen LogP contribution in [0, 0.1) is 17.7 Å². The minimum atomic E-state index is -2.03. The third kappa shape index (κ3) is 6.93. The molecule has 12 heteroatoms. The SMILES string of the molecule is COC(=O)N[C@H]1CCC[C@@H]1[C@](CNC(C)=O)(c1cccc(F)c1)C1CCN(CC2(O)CN(c3ccc(S(=O)O)cc3)C2)CC1. The number of alkyl carbamates (subject to hydrolysis) is 1. The molecule has 2 aromatic carbocycles. The highest BCUT2D eigenvalue weighted by Crippen LogP contribution is 2.50. The van der Waals surface area contributed by atoms with Crippen molar-refractivity contribution in [3.8, 4) is 0 Å². The van der Waals surface area contributed by atoms with Crippen molar-refractivity contribution < 1.29 is 32.6 Å². The highest BCUT2D eigenvalue weighted by atomic mass is 32.2. The summed E-state index contributed by atoms with van der Waals surface area (Å²) in [5.74, 6) is -0.431. The standard InChI is InChI=1S/C32H43FN4O6S/c1-22(38)34-18-32(24-5-3-6-25(33)17-24,28-7-4-8-29(28)35-30(39)43-2)23-13-15-36(16-14-23)19-31(40)20-37(21-31)26-9-11-27(12-10-26)44(41)42/h3,5-6,9-12,17,23,28-29,40H,4,7-8,13-16,18-21H2,1-2H3,(H,34,38)(H,35,39)(H,41,42)/t28-,29-,32-/m0/s1. The Kier molecular flexibility index (Phi) is 9.93. The lowest BCUT2D eigenvalue weighted by molar-refractivity contribution is -0.119. The number of ether oxygens (including phenoxy) is 1. The van der Waals surface area contributed by atoms with E-state index in [9.17, 15) is 27.8 Å². The van der Waals surface area contributed by atoms with Gasteiger partial charge in [-0.1, -0.05) is 18.6 Å². The first-order valence-electron chi connectivity index (χ1n) is 15.3. The Labute approximate surface area is 260 Å². The van der Waals surface area contributed by atoms with Crippen molar-refractivity contribution in [1.29, 1.82) is 0 Å². The Bertz CT molecular complexity index is 1350. The monoisotopic (exact) mass is 630 g/mol. The summed E-state index contributed by atoms with van der Waals surface area (Å²) < 4.78 is 40.2. The Morgan fingerprint density at radius 2 is 1.82 bits per heavy atom. The average Bonchev–Trinajstić information content (AvgIpc) is 3.45. The number of nitrogens with one attached hydrogen (secondary N) is 2. The number of benzene rings is 2. The van der Waals surface area contributed by atoms with E-state index in [-0.39, 0.29) is 29.6 Å². The number of amides is 2. The Morgan fingerprint density at radius 3 is 2.43 bits per heavy atom. The molecule has 44 heavy (non-hydrogen) atoms. The first kappa shape index (κ1) is 32.3. The van der Waals surface area contributed by atoms with Crippen LogP contribution in [-0.4, -0.2) is 88.8 Å². The fraction of sp³-hybridized carbons (Fsp3) is 0.562. The molecular formula is C32H43FN4O6S. The molecule has 2 amide bonds. The zero-order valence-corrected chi connectivity index (χ0v) is 26.2. The number of carbonyl (C=O) groups is 2. The van der Waals surface area contributed by atoms with Gasteiger partial charge >= 0.3 is 6.09 Å². The van der Waals surface area contributed by atoms with Crippen LogP contribution in [0.1, 0.15) is 44.6 Å². The third-order valence-corrected chi connectivity index (χ3v) is 10.5. The number of nitrogens with zero attached hydrogens (tertiary/aromatic N) is 2. The second-order valence-corrected chi connectivity index (χ2v) is 13.6. The molecule has 0 bridgehead atoms. The largest absolute Gasteiger partial charge is 0.453 e. The molecule has 2 saturated heterocycles. The lowest BCUT2D eigenvalue weighted by Gasteiger charge is -2.53. The molecule has 0 radical (unpaired) electrons. The van der Waals surface area contributed by atoms with Crippen LogP contribution in [0.25, 0.3) is 0 Å². The second kappa shape index (κ2) is 13.5. The number of likely N-dealkylation sites (tertiary alicyclic amines) is 1. The van der Waals surface area contributed by atoms with E-state index in [2.05, 4.69) is 15.5 Å². The van der Waals surface area contributed by atoms with Crippen LogP contribution < -0.4 is 15.5 Å². The lowest BCUT2D eigenvalue weighted by atomic mass is 9.58. The van der Waals surface area contributed by atoms with Gasteiger partial charge in [0, 0.05) is 50.2 Å². The average molecular weight is 631 g/mol. The number of β-amino-alcohol motifs (C(OH)–C–C–N with tert-alkyl or cyclic N) is 1. The molecule has 4 atom stereocenters. The zero-order valence-electron chi connectivity index (χ0n) is 25.3. The number of rotatable bonds is 10. The van der Waals surface area contributed by atoms with Gasteiger partial charge in [-0.25, -0.2) is 13.4 Å². The van der Waals surface area contributed by atoms with Crippen LogP contribution in [0.4, 0.5) is 14.9 Å². The normalized spacial score (nSPS) is 24.2. The summed E-state index contributed by atoms with van der Waals surface area (Å²) in [5, 5.41) is 17.4. The molecular weight excluding hydrogens is 587 g/mol. The minimum absolute atomic E-state index is 0.0363. The van der Waals surface area contributed by atoms with Crippen LogP contribution in [0.3, 0.4) is 0 Å². The molecule has 1 saturated carbocycles. The van der Waals surface area contributed by atoms with Gasteiger partial charge in [-0.3, -0.25) is 4.79 Å². The maximum Gasteiger partial charge on any atom is 0.407 e. The molecule has 2 heterocycles. The zero-order chi connectivity index (χ0) is 31.5. The van der Waals surface area contributed by atoms with Gasteiger partial charge in [-0.15, -0.1) is 0 Å². The van der Waals surface area contributed by atoms with Gasteiger partial charge in [-0.2, -0.15) is 0 Å². The van der Waals surface area contributed by atoms with Crippen LogP contribution in [0.2, 0.25) is 0 Å². The van der Waals surface area contributed by atoms with Crippen molar-refractivity contribution in [2.24, 2.45) is 11.8 Å². The molecule has 0 spiro atoms. The van der Waals surface area contributed by atoms with E-state index in [1.54, 1.807) is 36.4 Å². The molecule has 2 aliphatic heterocycles. The predicted octanol–water partition coefficient (Wildman–Crippen LogP) is 3.27. The van der Waals surface area contributed by atoms with Gasteiger partial charge in [-0.05, 0) is 92.6 Å². The third-order valence-electron chi connectivity index (χ3n) is 9.87. The molecule has 0 aromatic heterocycles. The molecule has 3 aliphatic rings. The van der Waals surface area contributed by atoms with Gasteiger partial charge in [0.15, 0.2) is 11.1 Å². The number of anilines is 1. The Hall–Kier alpha value is -3.06. The molecule has 5 rings (SSSR count). The Morgan fingerprint density at radius 1 is 1.11 bits per heavy atom. The summed E-state index contributed by atoms with van der Waals surface area (Å²) in [4.78, 5) is 29.3. The summed E-state index contributed by atoms with van der Waals surface area (Å²) in [7, 11) is 1.34. The van der Waals surface area contributed by atoms with E-state index in [4.69, 9.17) is 4.74 Å². The smallest absolute Gasteiger partial charge is 0.407 e. The molecule has 3 fully saturated rings. The van der Waals surface area contributed by atoms with E-state index < -0.39 is 28.2 Å². The maximum atomic E-state index is 14.8. The van der Waals surface area contributed by atoms with Gasteiger partial charge in [0.1, 0.15) is 11.4 Å². The first-order valence-corrected chi connectivity index (χ1v) is 16.4. The van der Waals surface area contributed by atoms with Crippen LogP contribution >= 0.6 is 0 Å². The number of methoxy groups -OCH3 is 1. The lowest BCUT2D eigenvalue weighted by Crippen LogP contribution is -2.67. The van der Waals surface area contributed by atoms with E-state index in [0.717, 1.165) is 56.4 Å². The predicted molar refractivity (Wildman–Crippen MR) is 165 cm³/mol. The topological polar surface area (TPSA) is 131 Å². The van der Waals surface area contributed by atoms with Gasteiger partial charge in [0.05, 0.1) is 12.0 Å². The fourth-order valence-corrected chi connectivity index (χ4v) is 8.25. The number of piperidine rings is 1. The first-order chi connectivity index (χ1) is 21.0. The van der Waals surface area contributed by atoms with Crippen LogP contribution in [0.15, 0.2) is 53.4 Å². The Balaban J connectivity index is 1.32. The quantitative estimate of drug-likeness (QED) is 0.295. The van der Waals surface area contributed by atoms with Crippen LogP contribution in [-0.2, 0) is 26.0 Å². The number of carbonyl (C=O) groups excluding carboxylic acids is 2. The van der Waals surface area contributed by atoms with Crippen molar-refractivity contribution >= 4 is 28.8 Å². The summed E-state index contributed by atoms with van der Waals surface area (Å²) in [6, 6.07) is 13.3. The van der Waals surface area contributed by atoms with E-state index in [1.807, 2.05) is 11.0 Å². The minimum Gasteiger partial charge on any atom is -0.453 e. The maximum absolute atomic E-state index is 14.8. The van der Waals surface area contributed by atoms with Crippen LogP contribution in [0.5, 0.6) is 0 Å². The highest BCUT2D eigenvalue weighted by molar-refractivity contribution is 7.79. The number of halogens is 1. The number of hydrogen-bond acceptors (Lipinski definition) is 7. The van der Waals surface area contributed by atoms with Crippen molar-refractivity contribution in [2.45, 2.75) is 61.0 Å². The summed E-state index contributed by atoms with van der Waals surface area (Å²) >= 11 is -2.03. The molecule has 10 nitrogen and oxygen atoms in total. The highest BCUT2D eigenvalue weighted by Gasteiger charge is 2.52. The molecule has 1 unspecified atom stereocenters. The number of hydrogen-bond donors (Lipinski definition) is 4. The van der Waals surface area contributed by atoms with E-state index >= 15 is 0 Å². The van der Waals surface area contributed by atoms with Gasteiger partial charge in [0.2, 0.25) is 5.91 Å².